The van der Waals surface area contributed by atoms with Gasteiger partial charge in [0.05, 0.1) is 11.9 Å². The van der Waals surface area contributed by atoms with Gasteiger partial charge in [0.15, 0.2) is 0 Å². The Bertz CT molecular complexity index is 960. The maximum Gasteiger partial charge on any atom is 0.127 e. The molecule has 2 heterocycles. The van der Waals surface area contributed by atoms with Gasteiger partial charge in [-0.25, -0.2) is 8.78 Å². The minimum Gasteiger partial charge on any atom is -0.396 e. The highest BCUT2D eigenvalue weighted by Crippen LogP contribution is 2.25. The lowest BCUT2D eigenvalue weighted by Gasteiger charge is -2.41. The molecule has 0 radical (unpaired) electrons. The molecule has 0 aliphatic carbocycles. The van der Waals surface area contributed by atoms with Crippen LogP contribution in [0.4, 0.5) is 8.78 Å². The van der Waals surface area contributed by atoms with E-state index in [4.69, 9.17) is 0 Å². The Kier molecular flexibility index (Phi) is 6.52. The summed E-state index contributed by atoms with van der Waals surface area (Å²) in [5.41, 5.74) is 3.52. The highest BCUT2D eigenvalue weighted by atomic mass is 19.1. The van der Waals surface area contributed by atoms with E-state index >= 15 is 0 Å². The molecule has 5 nitrogen and oxygen atoms in total. The van der Waals surface area contributed by atoms with Gasteiger partial charge in [-0.3, -0.25) is 14.9 Å². The van der Waals surface area contributed by atoms with Crippen LogP contribution in [0, 0.1) is 11.6 Å². The van der Waals surface area contributed by atoms with E-state index in [0.717, 1.165) is 36.5 Å². The molecule has 1 fully saturated rings. The van der Waals surface area contributed by atoms with Gasteiger partial charge in [0.1, 0.15) is 11.6 Å². The Morgan fingerprint density at radius 1 is 1.00 bits per heavy atom. The van der Waals surface area contributed by atoms with Crippen molar-refractivity contribution in [1.82, 2.24) is 20.0 Å². The summed E-state index contributed by atoms with van der Waals surface area (Å²) < 4.78 is 27.3. The molecule has 4 rings (SSSR count). The van der Waals surface area contributed by atoms with E-state index in [1.165, 1.54) is 18.2 Å². The molecule has 0 bridgehead atoms. The van der Waals surface area contributed by atoms with Crippen LogP contribution in [0.2, 0.25) is 0 Å². The highest BCUT2D eigenvalue weighted by Gasteiger charge is 2.28. The first-order valence-corrected chi connectivity index (χ1v) is 10.2. The van der Waals surface area contributed by atoms with Crippen LogP contribution in [-0.4, -0.2) is 57.4 Å². The number of nitrogens with zero attached hydrogens (tertiary/aromatic N) is 3. The quantitative estimate of drug-likeness (QED) is 0.624. The van der Waals surface area contributed by atoms with Crippen molar-refractivity contribution in [3.05, 3.63) is 77.5 Å². The lowest BCUT2D eigenvalue weighted by molar-refractivity contribution is 0.0494. The molecule has 2 aromatic carbocycles. The minimum atomic E-state index is -0.266. The molecule has 158 valence electrons. The average molecular weight is 412 g/mol. The number of aromatic nitrogens is 2. The third-order valence-corrected chi connectivity index (χ3v) is 5.73. The van der Waals surface area contributed by atoms with Crippen LogP contribution < -0.4 is 0 Å². The van der Waals surface area contributed by atoms with E-state index in [1.54, 1.807) is 18.2 Å². The summed E-state index contributed by atoms with van der Waals surface area (Å²) in [7, 11) is 0. The number of hydrogen-bond donors (Lipinski definition) is 2. The maximum absolute atomic E-state index is 14.1. The number of benzene rings is 2. The van der Waals surface area contributed by atoms with Gasteiger partial charge < -0.3 is 5.11 Å². The summed E-state index contributed by atoms with van der Waals surface area (Å²) in [6.07, 6.45) is 2.45. The smallest absolute Gasteiger partial charge is 0.127 e. The van der Waals surface area contributed by atoms with Crippen LogP contribution in [0.15, 0.2) is 54.7 Å². The molecule has 0 saturated carbocycles. The van der Waals surface area contributed by atoms with Crippen molar-refractivity contribution in [2.75, 3.05) is 26.2 Å². The fourth-order valence-electron chi connectivity index (χ4n) is 4.12. The lowest BCUT2D eigenvalue weighted by Crippen LogP contribution is -2.52. The first-order chi connectivity index (χ1) is 14.6. The second-order valence-electron chi connectivity index (χ2n) is 7.74. The van der Waals surface area contributed by atoms with E-state index < -0.39 is 0 Å². The number of nitrogens with one attached hydrogen (secondary N) is 1. The summed E-state index contributed by atoms with van der Waals surface area (Å²) in [6.45, 7) is 3.76. The van der Waals surface area contributed by atoms with Crippen LogP contribution in [0.3, 0.4) is 0 Å². The van der Waals surface area contributed by atoms with Crippen molar-refractivity contribution in [2.24, 2.45) is 0 Å². The first kappa shape index (κ1) is 20.7. The first-order valence-electron chi connectivity index (χ1n) is 10.2. The summed E-state index contributed by atoms with van der Waals surface area (Å²) >= 11 is 0. The molecule has 3 aromatic rings. The highest BCUT2D eigenvalue weighted by molar-refractivity contribution is 5.62. The molecular weight excluding hydrogens is 386 g/mol. The van der Waals surface area contributed by atoms with Crippen molar-refractivity contribution in [3.8, 4) is 11.3 Å². The van der Waals surface area contributed by atoms with Crippen molar-refractivity contribution >= 4 is 0 Å². The zero-order chi connectivity index (χ0) is 20.9. The Morgan fingerprint density at radius 3 is 2.57 bits per heavy atom. The van der Waals surface area contributed by atoms with Crippen LogP contribution >= 0.6 is 0 Å². The predicted octanol–water partition coefficient (Wildman–Crippen LogP) is 3.42. The topological polar surface area (TPSA) is 55.4 Å². The van der Waals surface area contributed by atoms with Crippen LogP contribution in [-0.2, 0) is 13.1 Å². The van der Waals surface area contributed by atoms with Gasteiger partial charge in [0.25, 0.3) is 0 Å². The maximum atomic E-state index is 14.1. The SMILES string of the molecule is OCC[C@H]1CN(Cc2cn[nH]c2-c2ccc(F)cc2)CCN1Cc1ccccc1F. The summed E-state index contributed by atoms with van der Waals surface area (Å²) in [5, 5.41) is 16.8. The molecule has 0 unspecified atom stereocenters. The third-order valence-electron chi connectivity index (χ3n) is 5.73. The van der Waals surface area contributed by atoms with Crippen molar-refractivity contribution in [2.45, 2.75) is 25.6 Å². The third kappa shape index (κ3) is 4.75. The van der Waals surface area contributed by atoms with Gasteiger partial charge in [-0.15, -0.1) is 0 Å². The van der Waals surface area contributed by atoms with Crippen molar-refractivity contribution in [3.63, 3.8) is 0 Å². The molecule has 2 N–H and O–H groups in total. The van der Waals surface area contributed by atoms with Crippen LogP contribution in [0.5, 0.6) is 0 Å². The molecule has 1 aliphatic rings. The molecule has 30 heavy (non-hydrogen) atoms. The summed E-state index contributed by atoms with van der Waals surface area (Å²) in [4.78, 5) is 4.58. The molecule has 7 heteroatoms. The molecule has 1 aliphatic heterocycles. The number of rotatable bonds is 7. The Morgan fingerprint density at radius 2 is 1.80 bits per heavy atom. The van der Waals surface area contributed by atoms with Crippen LogP contribution in [0.1, 0.15) is 17.5 Å². The molecule has 0 amide bonds. The largest absolute Gasteiger partial charge is 0.396 e. The predicted molar refractivity (Wildman–Crippen MR) is 112 cm³/mol. The van der Waals surface area contributed by atoms with E-state index in [0.29, 0.717) is 25.1 Å². The number of aliphatic hydroxyl groups is 1. The van der Waals surface area contributed by atoms with Gasteiger partial charge in [0, 0.05) is 62.1 Å². The number of piperazine rings is 1. The molecule has 0 spiro atoms. The van der Waals surface area contributed by atoms with Crippen molar-refractivity contribution < 1.29 is 13.9 Å². The summed E-state index contributed by atoms with van der Waals surface area (Å²) in [6, 6.07) is 13.4. The number of hydrogen-bond acceptors (Lipinski definition) is 4. The zero-order valence-corrected chi connectivity index (χ0v) is 16.8. The second kappa shape index (κ2) is 9.47. The van der Waals surface area contributed by atoms with Gasteiger partial charge in [0.2, 0.25) is 0 Å². The van der Waals surface area contributed by atoms with Gasteiger partial charge >= 0.3 is 0 Å². The number of H-pyrrole nitrogens is 1. The average Bonchev–Trinajstić information content (AvgIpc) is 3.20. The van der Waals surface area contributed by atoms with E-state index in [9.17, 15) is 13.9 Å². The fraction of sp³-hybridized carbons (Fsp3) is 0.348. The van der Waals surface area contributed by atoms with Crippen LogP contribution in [0.25, 0.3) is 11.3 Å². The fourth-order valence-corrected chi connectivity index (χ4v) is 4.12. The number of aliphatic hydroxyl groups excluding tert-OH is 1. The standard InChI is InChI=1S/C23H26F2N4O/c24-20-7-5-17(6-8-20)23-19(13-26-27-23)14-28-10-11-29(21(16-28)9-12-30)15-18-3-1-2-4-22(18)25/h1-8,13,21,30H,9-12,14-16H2,(H,26,27)/t21-/m0/s1. The van der Waals surface area contributed by atoms with Crippen molar-refractivity contribution in [1.29, 1.82) is 0 Å². The Balaban J connectivity index is 1.44. The van der Waals surface area contributed by atoms with E-state index in [2.05, 4.69) is 20.0 Å². The normalized spacial score (nSPS) is 18.0. The zero-order valence-electron chi connectivity index (χ0n) is 16.8. The lowest BCUT2D eigenvalue weighted by atomic mass is 10.0. The Labute approximate surface area is 175 Å². The van der Waals surface area contributed by atoms with Gasteiger partial charge in [-0.1, -0.05) is 18.2 Å². The molecular formula is C23H26F2N4O. The second-order valence-corrected chi connectivity index (χ2v) is 7.74. The Hall–Kier alpha value is -2.61. The number of halogens is 2. The minimum absolute atomic E-state index is 0.0960. The van der Waals surface area contributed by atoms with E-state index in [1.807, 2.05) is 18.3 Å². The van der Waals surface area contributed by atoms with E-state index in [-0.39, 0.29) is 24.3 Å². The molecule has 1 aromatic heterocycles. The summed E-state index contributed by atoms with van der Waals surface area (Å²) in [5.74, 6) is -0.456. The number of aromatic amines is 1. The monoisotopic (exact) mass is 412 g/mol. The van der Waals surface area contributed by atoms with Gasteiger partial charge in [-0.05, 0) is 36.8 Å². The molecule has 1 saturated heterocycles. The molecule has 1 atom stereocenters. The van der Waals surface area contributed by atoms with Gasteiger partial charge in [-0.2, -0.15) is 5.10 Å².